The molecule has 0 spiro atoms. The van der Waals surface area contributed by atoms with E-state index in [2.05, 4.69) is 5.32 Å². The first-order valence-corrected chi connectivity index (χ1v) is 7.31. The van der Waals surface area contributed by atoms with Gasteiger partial charge in [0.1, 0.15) is 6.54 Å². The Morgan fingerprint density at radius 3 is 2.36 bits per heavy atom. The van der Waals surface area contributed by atoms with Crippen molar-refractivity contribution in [3.63, 3.8) is 0 Å². The number of aliphatic hydroxyl groups is 1. The van der Waals surface area contributed by atoms with Gasteiger partial charge >= 0.3 is 5.97 Å². The van der Waals surface area contributed by atoms with Crippen molar-refractivity contribution in [1.29, 1.82) is 0 Å². The highest BCUT2D eigenvalue weighted by Gasteiger charge is 2.23. The molecular weight excluding hydrogens is 284 g/mol. The summed E-state index contributed by atoms with van der Waals surface area (Å²) in [6.45, 7) is 4.07. The molecule has 122 valence electrons. The predicted octanol–water partition coefficient (Wildman–Crippen LogP) is 0.706. The number of carbonyl (C=O) groups is 2. The van der Waals surface area contributed by atoms with Crippen LogP contribution >= 0.6 is 0 Å². The maximum Gasteiger partial charge on any atom is 0.322 e. The summed E-state index contributed by atoms with van der Waals surface area (Å²) in [5, 5.41) is 20.6. The first kappa shape index (κ1) is 18.1. The molecule has 22 heavy (non-hydrogen) atoms. The number of benzene rings is 1. The molecule has 1 atom stereocenters. The number of hydrogen-bond donors (Lipinski definition) is 3. The minimum Gasteiger partial charge on any atom is -0.480 e. The number of amides is 1. The van der Waals surface area contributed by atoms with Crippen LogP contribution in [0.4, 0.5) is 0 Å². The van der Waals surface area contributed by atoms with Gasteiger partial charge in [0.05, 0.1) is 13.2 Å². The lowest BCUT2D eigenvalue weighted by atomic mass is 10.0. The van der Waals surface area contributed by atoms with E-state index in [-0.39, 0.29) is 31.0 Å². The van der Waals surface area contributed by atoms with E-state index in [9.17, 15) is 14.7 Å². The van der Waals surface area contributed by atoms with Gasteiger partial charge < -0.3 is 15.5 Å². The van der Waals surface area contributed by atoms with Crippen LogP contribution in [0.5, 0.6) is 0 Å². The van der Waals surface area contributed by atoms with E-state index in [1.54, 1.807) is 0 Å². The molecule has 0 aliphatic carbocycles. The van der Waals surface area contributed by atoms with E-state index in [0.717, 1.165) is 5.56 Å². The van der Waals surface area contributed by atoms with E-state index in [4.69, 9.17) is 5.11 Å². The predicted molar refractivity (Wildman–Crippen MR) is 83.2 cm³/mol. The van der Waals surface area contributed by atoms with Crippen LogP contribution in [0.25, 0.3) is 0 Å². The van der Waals surface area contributed by atoms with Crippen molar-refractivity contribution in [3.05, 3.63) is 35.9 Å². The molecule has 6 heteroatoms. The minimum absolute atomic E-state index is 0.0472. The molecule has 0 bridgehead atoms. The Balaban J connectivity index is 2.77. The summed E-state index contributed by atoms with van der Waals surface area (Å²) in [7, 11) is 0. The molecule has 1 amide bonds. The number of aliphatic hydroxyl groups excluding tert-OH is 1. The van der Waals surface area contributed by atoms with E-state index >= 15 is 0 Å². The Morgan fingerprint density at radius 2 is 1.86 bits per heavy atom. The highest BCUT2D eigenvalue weighted by molar-refractivity contribution is 5.82. The topological polar surface area (TPSA) is 89.9 Å². The molecule has 1 aromatic carbocycles. The second kappa shape index (κ2) is 9.17. The van der Waals surface area contributed by atoms with Crippen molar-refractivity contribution < 1.29 is 19.8 Å². The van der Waals surface area contributed by atoms with Gasteiger partial charge in [0.25, 0.3) is 0 Å². The third kappa shape index (κ3) is 6.24. The molecule has 3 N–H and O–H groups in total. The summed E-state index contributed by atoms with van der Waals surface area (Å²) in [5.74, 6) is -1.27. The number of aliphatic carboxylic acids is 1. The minimum atomic E-state index is -1.08. The molecule has 0 saturated carbocycles. The van der Waals surface area contributed by atoms with Gasteiger partial charge in [0, 0.05) is 12.6 Å². The molecule has 1 aromatic rings. The monoisotopic (exact) mass is 308 g/mol. The maximum atomic E-state index is 11.9. The van der Waals surface area contributed by atoms with Gasteiger partial charge in [-0.05, 0) is 11.5 Å². The van der Waals surface area contributed by atoms with Crippen LogP contribution in [0.1, 0.15) is 19.4 Å². The highest BCUT2D eigenvalue weighted by Crippen LogP contribution is 2.14. The Labute approximate surface area is 130 Å². The van der Waals surface area contributed by atoms with Gasteiger partial charge in [-0.25, -0.2) is 0 Å². The van der Waals surface area contributed by atoms with Gasteiger partial charge in [0.15, 0.2) is 0 Å². The molecule has 0 heterocycles. The number of nitrogens with one attached hydrogen (secondary N) is 1. The number of rotatable bonds is 9. The van der Waals surface area contributed by atoms with Crippen molar-refractivity contribution in [2.45, 2.75) is 26.4 Å². The lowest BCUT2D eigenvalue weighted by molar-refractivity contribution is -0.138. The molecule has 1 rings (SSSR count). The van der Waals surface area contributed by atoms with Crippen LogP contribution in [-0.4, -0.2) is 52.7 Å². The summed E-state index contributed by atoms with van der Waals surface area (Å²) in [4.78, 5) is 24.3. The van der Waals surface area contributed by atoms with E-state index < -0.39 is 12.5 Å². The number of carboxylic acids is 1. The van der Waals surface area contributed by atoms with E-state index in [1.807, 2.05) is 49.1 Å². The molecule has 0 aromatic heterocycles. The molecular formula is C16H24N2O4. The van der Waals surface area contributed by atoms with Crippen LogP contribution in [0.3, 0.4) is 0 Å². The van der Waals surface area contributed by atoms with Gasteiger partial charge in [-0.15, -0.1) is 0 Å². The lowest BCUT2D eigenvalue weighted by Gasteiger charge is -2.32. The fraction of sp³-hybridized carbons (Fsp3) is 0.500. The van der Waals surface area contributed by atoms with Crippen LogP contribution in [0.2, 0.25) is 0 Å². The molecule has 0 radical (unpaired) electrons. The first-order valence-electron chi connectivity index (χ1n) is 7.31. The Bertz CT molecular complexity index is 476. The summed E-state index contributed by atoms with van der Waals surface area (Å²) in [6.07, 6.45) is 0. The summed E-state index contributed by atoms with van der Waals surface area (Å²) in [6, 6.07) is 9.49. The molecule has 0 aliphatic heterocycles. The zero-order valence-electron chi connectivity index (χ0n) is 13.0. The largest absolute Gasteiger partial charge is 0.480 e. The lowest BCUT2D eigenvalue weighted by Crippen LogP contribution is -2.47. The average Bonchev–Trinajstić information content (AvgIpc) is 2.46. The van der Waals surface area contributed by atoms with Crippen LogP contribution in [-0.2, 0) is 16.1 Å². The maximum absolute atomic E-state index is 11.9. The second-order valence-corrected chi connectivity index (χ2v) is 5.55. The fourth-order valence-electron chi connectivity index (χ4n) is 2.27. The van der Waals surface area contributed by atoms with Crippen LogP contribution in [0, 0.1) is 5.92 Å². The van der Waals surface area contributed by atoms with Gasteiger partial charge in [0.2, 0.25) is 5.91 Å². The fourth-order valence-corrected chi connectivity index (χ4v) is 2.27. The highest BCUT2D eigenvalue weighted by atomic mass is 16.4. The first-order chi connectivity index (χ1) is 10.4. The quantitative estimate of drug-likeness (QED) is 0.625. The third-order valence-corrected chi connectivity index (χ3v) is 3.44. The number of hydrogen-bond acceptors (Lipinski definition) is 4. The standard InChI is InChI=1S/C16H24N2O4/c1-12(2)14(11-19)18(9-13-6-4-3-5-7-13)10-15(20)17-8-16(21)22/h3-7,12,14,19H,8-11H2,1-2H3,(H,17,20)(H,21,22). The van der Waals surface area contributed by atoms with Crippen molar-refractivity contribution in [2.75, 3.05) is 19.7 Å². The Kier molecular flexibility index (Phi) is 7.56. The molecule has 1 unspecified atom stereocenters. The summed E-state index contributed by atoms with van der Waals surface area (Å²) in [5.41, 5.74) is 1.03. The summed E-state index contributed by atoms with van der Waals surface area (Å²) < 4.78 is 0. The average molecular weight is 308 g/mol. The number of nitrogens with zero attached hydrogens (tertiary/aromatic N) is 1. The SMILES string of the molecule is CC(C)C(CO)N(CC(=O)NCC(=O)O)Cc1ccccc1. The van der Waals surface area contributed by atoms with Gasteiger partial charge in [-0.2, -0.15) is 0 Å². The van der Waals surface area contributed by atoms with E-state index in [1.165, 1.54) is 0 Å². The Hall–Kier alpha value is -1.92. The van der Waals surface area contributed by atoms with Gasteiger partial charge in [-0.3, -0.25) is 14.5 Å². The van der Waals surface area contributed by atoms with Crippen molar-refractivity contribution in [2.24, 2.45) is 5.92 Å². The smallest absolute Gasteiger partial charge is 0.322 e. The summed E-state index contributed by atoms with van der Waals surface area (Å²) >= 11 is 0. The Morgan fingerprint density at radius 1 is 1.23 bits per heavy atom. The van der Waals surface area contributed by atoms with Gasteiger partial charge in [-0.1, -0.05) is 44.2 Å². The molecule has 6 nitrogen and oxygen atoms in total. The number of carbonyl (C=O) groups excluding carboxylic acids is 1. The van der Waals surface area contributed by atoms with Crippen molar-refractivity contribution >= 4 is 11.9 Å². The van der Waals surface area contributed by atoms with Crippen molar-refractivity contribution in [1.82, 2.24) is 10.2 Å². The van der Waals surface area contributed by atoms with Crippen molar-refractivity contribution in [3.8, 4) is 0 Å². The second-order valence-electron chi connectivity index (χ2n) is 5.55. The molecule has 0 fully saturated rings. The zero-order chi connectivity index (χ0) is 16.5. The molecule has 0 saturated heterocycles. The number of carboxylic acid groups (broad SMARTS) is 1. The molecule has 0 aliphatic rings. The van der Waals surface area contributed by atoms with Crippen LogP contribution in [0.15, 0.2) is 30.3 Å². The van der Waals surface area contributed by atoms with Crippen LogP contribution < -0.4 is 5.32 Å². The third-order valence-electron chi connectivity index (χ3n) is 3.44. The normalized spacial score (nSPS) is 12.4. The zero-order valence-corrected chi connectivity index (χ0v) is 13.0. The van der Waals surface area contributed by atoms with E-state index in [0.29, 0.717) is 6.54 Å².